The second-order valence-corrected chi connectivity index (χ2v) is 5.05. The number of rotatable bonds is 1. The summed E-state index contributed by atoms with van der Waals surface area (Å²) >= 11 is 3.46. The summed E-state index contributed by atoms with van der Waals surface area (Å²) in [5.74, 6) is 0. The van der Waals surface area contributed by atoms with Crippen molar-refractivity contribution in [1.82, 2.24) is 4.98 Å². The lowest BCUT2D eigenvalue weighted by Gasteiger charge is -2.29. The normalized spacial score (nSPS) is 16.4. The SMILES string of the molecule is Brc1cnc2ccc(N3CCOCC3)cc2c1. The summed E-state index contributed by atoms with van der Waals surface area (Å²) in [7, 11) is 0. The first kappa shape index (κ1) is 11.0. The average molecular weight is 293 g/mol. The van der Waals surface area contributed by atoms with E-state index in [0.29, 0.717) is 0 Å². The molecule has 17 heavy (non-hydrogen) atoms. The van der Waals surface area contributed by atoms with Crippen LogP contribution in [0.1, 0.15) is 0 Å². The first-order valence-electron chi connectivity index (χ1n) is 5.71. The van der Waals surface area contributed by atoms with Crippen LogP contribution in [0.5, 0.6) is 0 Å². The van der Waals surface area contributed by atoms with Gasteiger partial charge in [0.1, 0.15) is 0 Å². The number of aromatic nitrogens is 1. The summed E-state index contributed by atoms with van der Waals surface area (Å²) in [6.45, 7) is 3.56. The molecule has 3 rings (SSSR count). The molecule has 0 atom stereocenters. The Bertz CT molecular complexity index is 538. The number of hydrogen-bond donors (Lipinski definition) is 0. The number of morpholine rings is 1. The highest BCUT2D eigenvalue weighted by Gasteiger charge is 2.11. The van der Waals surface area contributed by atoms with Crippen LogP contribution in [0.15, 0.2) is 34.9 Å². The van der Waals surface area contributed by atoms with E-state index >= 15 is 0 Å². The van der Waals surface area contributed by atoms with Crippen LogP contribution in [0.3, 0.4) is 0 Å². The Labute approximate surface area is 109 Å². The molecule has 1 saturated heterocycles. The van der Waals surface area contributed by atoms with E-state index < -0.39 is 0 Å². The van der Waals surface area contributed by atoms with Crippen molar-refractivity contribution in [3.8, 4) is 0 Å². The molecular weight excluding hydrogens is 280 g/mol. The van der Waals surface area contributed by atoms with Crippen molar-refractivity contribution in [1.29, 1.82) is 0 Å². The zero-order valence-corrected chi connectivity index (χ0v) is 11.0. The lowest BCUT2D eigenvalue weighted by atomic mass is 10.2. The number of ether oxygens (including phenoxy) is 1. The number of hydrogen-bond acceptors (Lipinski definition) is 3. The molecule has 1 aliphatic rings. The van der Waals surface area contributed by atoms with Crippen LogP contribution in [0.25, 0.3) is 10.9 Å². The Kier molecular flexibility index (Phi) is 2.99. The van der Waals surface area contributed by atoms with Crippen LogP contribution < -0.4 is 4.90 Å². The predicted molar refractivity (Wildman–Crippen MR) is 72.5 cm³/mol. The van der Waals surface area contributed by atoms with Gasteiger partial charge < -0.3 is 9.64 Å². The fraction of sp³-hybridized carbons (Fsp3) is 0.308. The molecule has 88 valence electrons. The molecule has 0 aliphatic carbocycles. The van der Waals surface area contributed by atoms with Gasteiger partial charge in [-0.15, -0.1) is 0 Å². The molecule has 3 nitrogen and oxygen atoms in total. The highest BCUT2D eigenvalue weighted by molar-refractivity contribution is 9.10. The molecule has 2 aromatic rings. The topological polar surface area (TPSA) is 25.4 Å². The molecule has 0 saturated carbocycles. The number of anilines is 1. The monoisotopic (exact) mass is 292 g/mol. The minimum Gasteiger partial charge on any atom is -0.378 e. The minimum absolute atomic E-state index is 0.814. The Morgan fingerprint density at radius 3 is 2.82 bits per heavy atom. The summed E-state index contributed by atoms with van der Waals surface area (Å²) in [6.07, 6.45) is 1.83. The Hall–Kier alpha value is -1.13. The quantitative estimate of drug-likeness (QED) is 0.808. The van der Waals surface area contributed by atoms with Crippen molar-refractivity contribution in [3.05, 3.63) is 34.9 Å². The van der Waals surface area contributed by atoms with Gasteiger partial charge in [-0.3, -0.25) is 4.98 Å². The zero-order valence-electron chi connectivity index (χ0n) is 9.40. The van der Waals surface area contributed by atoms with Gasteiger partial charge in [-0.1, -0.05) is 0 Å². The molecule has 1 fully saturated rings. The van der Waals surface area contributed by atoms with E-state index in [2.05, 4.69) is 50.1 Å². The van der Waals surface area contributed by atoms with Gasteiger partial charge in [0.05, 0.1) is 18.7 Å². The van der Waals surface area contributed by atoms with Gasteiger partial charge in [0.2, 0.25) is 0 Å². The summed E-state index contributed by atoms with van der Waals surface area (Å²) < 4.78 is 6.38. The second-order valence-electron chi connectivity index (χ2n) is 4.13. The summed E-state index contributed by atoms with van der Waals surface area (Å²) in [6, 6.07) is 8.51. The third kappa shape index (κ3) is 2.28. The summed E-state index contributed by atoms with van der Waals surface area (Å²) in [5.41, 5.74) is 2.28. The van der Waals surface area contributed by atoms with Crippen LogP contribution in [0.2, 0.25) is 0 Å². The number of nitrogens with zero attached hydrogens (tertiary/aromatic N) is 2. The van der Waals surface area contributed by atoms with Crippen LogP contribution >= 0.6 is 15.9 Å². The van der Waals surface area contributed by atoms with Crippen molar-refractivity contribution >= 4 is 32.5 Å². The number of pyridine rings is 1. The van der Waals surface area contributed by atoms with E-state index in [1.807, 2.05) is 6.20 Å². The summed E-state index contributed by atoms with van der Waals surface area (Å²) in [5, 5.41) is 1.17. The fourth-order valence-electron chi connectivity index (χ4n) is 2.11. The number of halogens is 1. The minimum atomic E-state index is 0.814. The van der Waals surface area contributed by atoms with Crippen molar-refractivity contribution in [2.75, 3.05) is 31.2 Å². The van der Waals surface area contributed by atoms with Crippen LogP contribution in [-0.2, 0) is 4.74 Å². The Balaban J connectivity index is 1.99. The Morgan fingerprint density at radius 2 is 2.00 bits per heavy atom. The first-order valence-corrected chi connectivity index (χ1v) is 6.50. The molecule has 0 amide bonds. The van der Waals surface area contributed by atoms with Crippen LogP contribution in [-0.4, -0.2) is 31.3 Å². The van der Waals surface area contributed by atoms with E-state index in [1.165, 1.54) is 11.1 Å². The van der Waals surface area contributed by atoms with Crippen LogP contribution in [0, 0.1) is 0 Å². The highest BCUT2D eigenvalue weighted by Crippen LogP contribution is 2.23. The Morgan fingerprint density at radius 1 is 1.18 bits per heavy atom. The van der Waals surface area contributed by atoms with Gasteiger partial charge in [0, 0.05) is 34.8 Å². The van der Waals surface area contributed by atoms with Gasteiger partial charge in [0.15, 0.2) is 0 Å². The van der Waals surface area contributed by atoms with Crippen molar-refractivity contribution in [2.45, 2.75) is 0 Å². The van der Waals surface area contributed by atoms with Crippen molar-refractivity contribution < 1.29 is 4.74 Å². The third-order valence-electron chi connectivity index (χ3n) is 3.01. The molecule has 1 aromatic heterocycles. The molecule has 1 aromatic carbocycles. The number of benzene rings is 1. The van der Waals surface area contributed by atoms with Gasteiger partial charge in [0.25, 0.3) is 0 Å². The second kappa shape index (κ2) is 4.63. The highest BCUT2D eigenvalue weighted by atomic mass is 79.9. The lowest BCUT2D eigenvalue weighted by molar-refractivity contribution is 0.122. The van der Waals surface area contributed by atoms with Gasteiger partial charge in [-0.2, -0.15) is 0 Å². The summed E-state index contributed by atoms with van der Waals surface area (Å²) in [4.78, 5) is 6.73. The van der Waals surface area contributed by atoms with Gasteiger partial charge in [-0.05, 0) is 40.2 Å². The van der Waals surface area contributed by atoms with Crippen molar-refractivity contribution in [2.24, 2.45) is 0 Å². The lowest BCUT2D eigenvalue weighted by Crippen LogP contribution is -2.36. The van der Waals surface area contributed by atoms with E-state index in [0.717, 1.165) is 36.3 Å². The van der Waals surface area contributed by atoms with Crippen molar-refractivity contribution in [3.63, 3.8) is 0 Å². The standard InChI is InChI=1S/C13H13BrN2O/c14-11-7-10-8-12(1-2-13(10)15-9-11)16-3-5-17-6-4-16/h1-2,7-9H,3-6H2. The molecule has 2 heterocycles. The van der Waals surface area contributed by atoms with E-state index in [4.69, 9.17) is 4.74 Å². The molecule has 0 spiro atoms. The maximum absolute atomic E-state index is 5.37. The van der Waals surface area contributed by atoms with Gasteiger partial charge >= 0.3 is 0 Å². The number of fused-ring (bicyclic) bond motifs is 1. The average Bonchev–Trinajstić information content (AvgIpc) is 2.39. The predicted octanol–water partition coefficient (Wildman–Crippen LogP) is 2.83. The molecule has 0 bridgehead atoms. The third-order valence-corrected chi connectivity index (χ3v) is 3.44. The maximum atomic E-state index is 5.37. The smallest absolute Gasteiger partial charge is 0.0704 e. The van der Waals surface area contributed by atoms with E-state index in [1.54, 1.807) is 0 Å². The zero-order chi connectivity index (χ0) is 11.7. The largest absolute Gasteiger partial charge is 0.378 e. The molecule has 0 N–H and O–H groups in total. The molecule has 0 unspecified atom stereocenters. The van der Waals surface area contributed by atoms with Gasteiger partial charge in [-0.25, -0.2) is 0 Å². The molecule has 0 radical (unpaired) electrons. The first-order chi connectivity index (χ1) is 8.33. The fourth-order valence-corrected chi connectivity index (χ4v) is 2.46. The van der Waals surface area contributed by atoms with Crippen LogP contribution in [0.4, 0.5) is 5.69 Å². The molecule has 4 heteroatoms. The molecular formula is C13H13BrN2O. The maximum Gasteiger partial charge on any atom is 0.0704 e. The van der Waals surface area contributed by atoms with E-state index in [-0.39, 0.29) is 0 Å². The van der Waals surface area contributed by atoms with E-state index in [9.17, 15) is 0 Å². The molecule has 1 aliphatic heterocycles.